The van der Waals surface area contributed by atoms with Crippen molar-refractivity contribution in [2.75, 3.05) is 7.11 Å². The van der Waals surface area contributed by atoms with Crippen molar-refractivity contribution < 1.29 is 14.6 Å². The predicted molar refractivity (Wildman–Crippen MR) is 70.2 cm³/mol. The predicted octanol–water partition coefficient (Wildman–Crippen LogP) is 3.40. The largest absolute Gasteiger partial charge is 0.496 e. The van der Waals surface area contributed by atoms with Crippen LogP contribution in [0.4, 0.5) is 0 Å². The zero-order chi connectivity index (χ0) is 13.3. The lowest BCUT2D eigenvalue weighted by Gasteiger charge is -2.17. The summed E-state index contributed by atoms with van der Waals surface area (Å²) in [6, 6.07) is 5.78. The lowest BCUT2D eigenvalue weighted by atomic mass is 9.90. The van der Waals surface area contributed by atoms with E-state index in [-0.39, 0.29) is 5.92 Å². The van der Waals surface area contributed by atoms with E-state index in [9.17, 15) is 9.90 Å². The average molecular weight is 248 g/mol. The van der Waals surface area contributed by atoms with Crippen LogP contribution in [-0.2, 0) is 4.79 Å². The third kappa shape index (κ3) is 2.50. The monoisotopic (exact) mass is 248 g/mol. The molecule has 0 saturated heterocycles. The third-order valence-corrected chi connectivity index (χ3v) is 3.59. The molecule has 3 nitrogen and oxygen atoms in total. The molecule has 0 amide bonds. The van der Waals surface area contributed by atoms with Crippen LogP contribution in [-0.4, -0.2) is 18.2 Å². The van der Waals surface area contributed by atoms with Crippen LogP contribution in [0, 0.1) is 5.92 Å². The smallest absolute Gasteiger partial charge is 0.311 e. The van der Waals surface area contributed by atoms with E-state index in [1.165, 1.54) is 0 Å². The van der Waals surface area contributed by atoms with Gasteiger partial charge in [0.2, 0.25) is 0 Å². The Balaban J connectivity index is 2.38. The maximum absolute atomic E-state index is 11.4. The van der Waals surface area contributed by atoms with Crippen molar-refractivity contribution >= 4 is 5.97 Å². The standard InChI is InChI=1S/C15H20O3/c1-9(2)12-8-11(6-7-13(12)18-3)14(15(16)17)10-4-5-10/h6-10,14H,4-5H2,1-3H3,(H,16,17). The Kier molecular flexibility index (Phi) is 3.60. The number of carboxylic acids is 1. The molecule has 1 saturated carbocycles. The Morgan fingerprint density at radius 1 is 1.39 bits per heavy atom. The van der Waals surface area contributed by atoms with Crippen molar-refractivity contribution in [2.45, 2.75) is 38.5 Å². The van der Waals surface area contributed by atoms with Crippen LogP contribution in [0.5, 0.6) is 5.75 Å². The summed E-state index contributed by atoms with van der Waals surface area (Å²) in [4.78, 5) is 11.4. The van der Waals surface area contributed by atoms with Crippen molar-refractivity contribution in [3.05, 3.63) is 29.3 Å². The molecule has 1 fully saturated rings. The minimum absolute atomic E-state index is 0.316. The Labute approximate surface area is 108 Å². The van der Waals surface area contributed by atoms with E-state index in [1.807, 2.05) is 18.2 Å². The molecule has 0 aliphatic heterocycles. The average Bonchev–Trinajstić information content (AvgIpc) is 3.13. The fraction of sp³-hybridized carbons (Fsp3) is 0.533. The molecule has 1 aliphatic rings. The van der Waals surface area contributed by atoms with Crippen LogP contribution in [0.1, 0.15) is 49.7 Å². The Hall–Kier alpha value is -1.51. The van der Waals surface area contributed by atoms with E-state index >= 15 is 0 Å². The molecule has 3 heteroatoms. The topological polar surface area (TPSA) is 46.5 Å². The zero-order valence-corrected chi connectivity index (χ0v) is 11.1. The number of aliphatic carboxylic acids is 1. The lowest BCUT2D eigenvalue weighted by molar-refractivity contribution is -0.139. The summed E-state index contributed by atoms with van der Waals surface area (Å²) >= 11 is 0. The fourth-order valence-electron chi connectivity index (χ4n) is 2.44. The number of carbonyl (C=O) groups is 1. The normalized spacial score (nSPS) is 16.7. The van der Waals surface area contributed by atoms with Crippen LogP contribution >= 0.6 is 0 Å². The summed E-state index contributed by atoms with van der Waals surface area (Å²) in [5.74, 6) is 0.420. The molecule has 0 radical (unpaired) electrons. The van der Waals surface area contributed by atoms with E-state index in [2.05, 4.69) is 13.8 Å². The molecule has 0 aromatic heterocycles. The summed E-state index contributed by atoms with van der Waals surface area (Å²) in [5.41, 5.74) is 2.00. The maximum atomic E-state index is 11.4. The molecule has 0 bridgehead atoms. The molecule has 18 heavy (non-hydrogen) atoms. The molecule has 0 spiro atoms. The number of hydrogen-bond acceptors (Lipinski definition) is 2. The first kappa shape index (κ1) is 12.9. The summed E-state index contributed by atoms with van der Waals surface area (Å²) < 4.78 is 5.33. The Morgan fingerprint density at radius 2 is 2.06 bits per heavy atom. The van der Waals surface area contributed by atoms with E-state index in [1.54, 1.807) is 7.11 Å². The maximum Gasteiger partial charge on any atom is 0.311 e. The van der Waals surface area contributed by atoms with Crippen molar-refractivity contribution in [3.63, 3.8) is 0 Å². The zero-order valence-electron chi connectivity index (χ0n) is 11.1. The number of hydrogen-bond donors (Lipinski definition) is 1. The van der Waals surface area contributed by atoms with Gasteiger partial charge in [-0.15, -0.1) is 0 Å². The lowest BCUT2D eigenvalue weighted by Crippen LogP contribution is -2.14. The highest BCUT2D eigenvalue weighted by atomic mass is 16.5. The molecule has 1 aromatic carbocycles. The Morgan fingerprint density at radius 3 is 2.50 bits per heavy atom. The molecular weight excluding hydrogens is 228 g/mol. The molecule has 0 heterocycles. The number of methoxy groups -OCH3 is 1. The van der Waals surface area contributed by atoms with Crippen molar-refractivity contribution in [1.29, 1.82) is 0 Å². The van der Waals surface area contributed by atoms with Gasteiger partial charge in [0.25, 0.3) is 0 Å². The Bertz CT molecular complexity index is 447. The first-order chi connectivity index (χ1) is 8.54. The number of rotatable bonds is 5. The molecular formula is C15H20O3. The van der Waals surface area contributed by atoms with Gasteiger partial charge in [-0.25, -0.2) is 0 Å². The van der Waals surface area contributed by atoms with Crippen molar-refractivity contribution in [1.82, 2.24) is 0 Å². The quantitative estimate of drug-likeness (QED) is 0.868. The van der Waals surface area contributed by atoms with E-state index < -0.39 is 5.97 Å². The molecule has 1 aromatic rings. The molecule has 98 valence electrons. The van der Waals surface area contributed by atoms with Crippen molar-refractivity contribution in [2.24, 2.45) is 5.92 Å². The second-order valence-electron chi connectivity index (χ2n) is 5.31. The minimum Gasteiger partial charge on any atom is -0.496 e. The van der Waals surface area contributed by atoms with E-state index in [4.69, 9.17) is 4.74 Å². The highest BCUT2D eigenvalue weighted by Crippen LogP contribution is 2.44. The SMILES string of the molecule is COc1ccc(C(C(=O)O)C2CC2)cc1C(C)C. The van der Waals surface area contributed by atoms with Crippen molar-refractivity contribution in [3.8, 4) is 5.75 Å². The second-order valence-corrected chi connectivity index (χ2v) is 5.31. The fourth-order valence-corrected chi connectivity index (χ4v) is 2.44. The molecule has 2 rings (SSSR count). The summed E-state index contributed by atoms with van der Waals surface area (Å²) in [6.07, 6.45) is 2.06. The van der Waals surface area contributed by atoms with Gasteiger partial charge in [0, 0.05) is 0 Å². The van der Waals surface area contributed by atoms with E-state index in [0.717, 1.165) is 29.7 Å². The van der Waals surface area contributed by atoms with E-state index in [0.29, 0.717) is 11.8 Å². The molecule has 1 N–H and O–H groups in total. The van der Waals surface area contributed by atoms with Crippen LogP contribution in [0.3, 0.4) is 0 Å². The van der Waals surface area contributed by atoms with Gasteiger partial charge in [-0.2, -0.15) is 0 Å². The molecule has 1 aliphatic carbocycles. The van der Waals surface area contributed by atoms with Gasteiger partial charge in [-0.3, -0.25) is 4.79 Å². The molecule has 1 atom stereocenters. The van der Waals surface area contributed by atoms with Gasteiger partial charge < -0.3 is 9.84 Å². The highest BCUT2D eigenvalue weighted by molar-refractivity contribution is 5.77. The molecule has 1 unspecified atom stereocenters. The van der Waals surface area contributed by atoms with Crippen LogP contribution < -0.4 is 4.74 Å². The minimum atomic E-state index is -0.711. The van der Waals surface area contributed by atoms with Gasteiger partial charge in [-0.05, 0) is 41.9 Å². The summed E-state index contributed by atoms with van der Waals surface area (Å²) in [5, 5.41) is 9.36. The summed E-state index contributed by atoms with van der Waals surface area (Å²) in [7, 11) is 1.65. The number of benzene rings is 1. The van der Waals surface area contributed by atoms with Gasteiger partial charge in [0.1, 0.15) is 5.75 Å². The summed E-state index contributed by atoms with van der Waals surface area (Å²) in [6.45, 7) is 4.18. The number of carboxylic acid groups (broad SMARTS) is 1. The van der Waals surface area contributed by atoms with Crippen LogP contribution in [0.15, 0.2) is 18.2 Å². The van der Waals surface area contributed by atoms with Crippen LogP contribution in [0.25, 0.3) is 0 Å². The van der Waals surface area contributed by atoms with Gasteiger partial charge in [0.15, 0.2) is 0 Å². The van der Waals surface area contributed by atoms with Gasteiger partial charge >= 0.3 is 5.97 Å². The first-order valence-electron chi connectivity index (χ1n) is 6.45. The van der Waals surface area contributed by atoms with Gasteiger partial charge in [-0.1, -0.05) is 26.0 Å². The van der Waals surface area contributed by atoms with Gasteiger partial charge in [0.05, 0.1) is 13.0 Å². The van der Waals surface area contributed by atoms with Crippen LogP contribution in [0.2, 0.25) is 0 Å². The number of ether oxygens (including phenoxy) is 1. The highest BCUT2D eigenvalue weighted by Gasteiger charge is 2.37. The first-order valence-corrected chi connectivity index (χ1v) is 6.45. The second kappa shape index (κ2) is 5.01. The third-order valence-electron chi connectivity index (χ3n) is 3.59.